The molecular formula is C17H24N4O5S. The lowest BCUT2D eigenvalue weighted by Gasteiger charge is -2.34. The third-order valence-corrected chi connectivity index (χ3v) is 6.90. The minimum atomic E-state index is -3.82. The Kier molecular flexibility index (Phi) is 5.80. The first-order valence-corrected chi connectivity index (χ1v) is 10.3. The van der Waals surface area contributed by atoms with Crippen molar-refractivity contribution in [2.24, 2.45) is 11.1 Å². The van der Waals surface area contributed by atoms with E-state index in [0.29, 0.717) is 31.7 Å². The molecule has 2 aliphatic rings. The predicted molar refractivity (Wildman–Crippen MR) is 98.4 cm³/mol. The van der Waals surface area contributed by atoms with E-state index in [1.165, 1.54) is 12.1 Å². The van der Waals surface area contributed by atoms with Crippen molar-refractivity contribution in [3.63, 3.8) is 0 Å². The SMILES string of the molecule is NCC1(C(=O)Nc2cccc(S(=O)(=O)N3CCNC(=O)C3)c2)CCOCC1. The predicted octanol–water partition coefficient (Wildman–Crippen LogP) is -0.499. The third-order valence-electron chi connectivity index (χ3n) is 5.06. The number of hydrogen-bond acceptors (Lipinski definition) is 6. The van der Waals surface area contributed by atoms with Gasteiger partial charge in [0.25, 0.3) is 0 Å². The molecule has 9 nitrogen and oxygen atoms in total. The van der Waals surface area contributed by atoms with Crippen molar-refractivity contribution in [3.05, 3.63) is 24.3 Å². The van der Waals surface area contributed by atoms with Crippen LogP contribution in [0.5, 0.6) is 0 Å². The Bertz CT molecular complexity index is 820. The van der Waals surface area contributed by atoms with E-state index in [4.69, 9.17) is 10.5 Å². The fraction of sp³-hybridized carbons (Fsp3) is 0.529. The molecule has 2 heterocycles. The average Bonchev–Trinajstić information content (AvgIpc) is 2.68. The molecule has 10 heteroatoms. The zero-order valence-corrected chi connectivity index (χ0v) is 15.8. The number of benzene rings is 1. The lowest BCUT2D eigenvalue weighted by Crippen LogP contribution is -2.49. The summed E-state index contributed by atoms with van der Waals surface area (Å²) in [6.45, 7) is 1.40. The van der Waals surface area contributed by atoms with E-state index in [1.807, 2.05) is 0 Å². The number of ether oxygens (including phenoxy) is 1. The van der Waals surface area contributed by atoms with Crippen LogP contribution in [0, 0.1) is 5.41 Å². The zero-order chi connectivity index (χ0) is 19.5. The number of sulfonamides is 1. The largest absolute Gasteiger partial charge is 0.381 e. The molecule has 0 aromatic heterocycles. The number of nitrogens with zero attached hydrogens (tertiary/aromatic N) is 1. The van der Waals surface area contributed by atoms with Crippen molar-refractivity contribution < 1.29 is 22.7 Å². The normalized spacial score (nSPS) is 20.7. The Morgan fingerprint density at radius 2 is 2.07 bits per heavy atom. The van der Waals surface area contributed by atoms with Crippen LogP contribution in [0.2, 0.25) is 0 Å². The van der Waals surface area contributed by atoms with Crippen LogP contribution in [-0.4, -0.2) is 63.9 Å². The van der Waals surface area contributed by atoms with Gasteiger partial charge >= 0.3 is 0 Å². The lowest BCUT2D eigenvalue weighted by molar-refractivity contribution is -0.130. The zero-order valence-electron chi connectivity index (χ0n) is 14.9. The average molecular weight is 396 g/mol. The first-order valence-electron chi connectivity index (χ1n) is 8.84. The van der Waals surface area contributed by atoms with Gasteiger partial charge < -0.3 is 21.1 Å². The minimum Gasteiger partial charge on any atom is -0.381 e. The quantitative estimate of drug-likeness (QED) is 0.615. The third kappa shape index (κ3) is 4.13. The molecule has 0 saturated carbocycles. The van der Waals surface area contributed by atoms with Crippen LogP contribution in [0.4, 0.5) is 5.69 Å². The van der Waals surface area contributed by atoms with Crippen molar-refractivity contribution in [3.8, 4) is 0 Å². The molecule has 0 aliphatic carbocycles. The number of rotatable bonds is 5. The smallest absolute Gasteiger partial charge is 0.243 e. The van der Waals surface area contributed by atoms with E-state index in [0.717, 1.165) is 4.31 Å². The minimum absolute atomic E-state index is 0.0313. The molecule has 0 radical (unpaired) electrons. The fourth-order valence-electron chi connectivity index (χ4n) is 3.25. The molecule has 1 aromatic rings. The van der Waals surface area contributed by atoms with Gasteiger partial charge in [0.2, 0.25) is 21.8 Å². The number of anilines is 1. The number of carbonyl (C=O) groups is 2. The second-order valence-electron chi connectivity index (χ2n) is 6.77. The van der Waals surface area contributed by atoms with E-state index in [1.54, 1.807) is 12.1 Å². The topological polar surface area (TPSA) is 131 Å². The van der Waals surface area contributed by atoms with E-state index < -0.39 is 15.4 Å². The summed E-state index contributed by atoms with van der Waals surface area (Å²) in [6, 6.07) is 6.04. The number of nitrogens with two attached hydrogens (primary N) is 1. The molecule has 4 N–H and O–H groups in total. The van der Waals surface area contributed by atoms with Gasteiger partial charge in [-0.2, -0.15) is 4.31 Å². The van der Waals surface area contributed by atoms with Crippen LogP contribution in [0.25, 0.3) is 0 Å². The Morgan fingerprint density at radius 3 is 2.74 bits per heavy atom. The van der Waals surface area contributed by atoms with Crippen LogP contribution in [-0.2, 0) is 24.3 Å². The van der Waals surface area contributed by atoms with E-state index in [-0.39, 0.29) is 42.9 Å². The Balaban J connectivity index is 1.79. The molecule has 0 bridgehead atoms. The van der Waals surface area contributed by atoms with E-state index in [2.05, 4.69) is 10.6 Å². The first-order chi connectivity index (χ1) is 12.9. The second kappa shape index (κ2) is 7.93. The Labute approximate surface area is 158 Å². The summed E-state index contributed by atoms with van der Waals surface area (Å²) in [5.41, 5.74) is 5.51. The van der Waals surface area contributed by atoms with Crippen molar-refractivity contribution in [2.75, 3.05) is 44.7 Å². The molecule has 2 aliphatic heterocycles. The van der Waals surface area contributed by atoms with Crippen molar-refractivity contribution in [1.29, 1.82) is 0 Å². The summed E-state index contributed by atoms with van der Waals surface area (Å²) >= 11 is 0. The van der Waals surface area contributed by atoms with Gasteiger partial charge in [0.15, 0.2) is 0 Å². The molecular weight excluding hydrogens is 372 g/mol. The number of hydrogen-bond donors (Lipinski definition) is 3. The molecule has 148 valence electrons. The number of nitrogens with one attached hydrogen (secondary N) is 2. The summed E-state index contributed by atoms with van der Waals surface area (Å²) < 4.78 is 32.0. The van der Waals surface area contributed by atoms with Gasteiger partial charge in [-0.15, -0.1) is 0 Å². The Hall–Kier alpha value is -2.01. The summed E-state index contributed by atoms with van der Waals surface area (Å²) in [4.78, 5) is 24.3. The standard InChI is InChI=1S/C17H24N4O5S/c18-12-17(4-8-26-9-5-17)16(23)20-13-2-1-3-14(10-13)27(24,25)21-7-6-19-15(22)11-21/h1-3,10H,4-9,11-12,18H2,(H,19,22)(H,20,23). The lowest BCUT2D eigenvalue weighted by atomic mass is 9.79. The number of amides is 2. The second-order valence-corrected chi connectivity index (χ2v) is 8.71. The van der Waals surface area contributed by atoms with Crippen LogP contribution >= 0.6 is 0 Å². The van der Waals surface area contributed by atoms with Crippen LogP contribution in [0.3, 0.4) is 0 Å². The molecule has 1 aromatic carbocycles. The maximum Gasteiger partial charge on any atom is 0.243 e. The molecule has 2 amide bonds. The van der Waals surface area contributed by atoms with Gasteiger partial charge in [0, 0.05) is 38.5 Å². The maximum atomic E-state index is 12.8. The highest BCUT2D eigenvalue weighted by atomic mass is 32.2. The number of carbonyl (C=O) groups excluding carboxylic acids is 2. The van der Waals surface area contributed by atoms with Gasteiger partial charge in [0.1, 0.15) is 0 Å². The molecule has 0 atom stereocenters. The van der Waals surface area contributed by atoms with Crippen molar-refractivity contribution in [1.82, 2.24) is 9.62 Å². The van der Waals surface area contributed by atoms with Crippen LogP contribution in [0.15, 0.2) is 29.2 Å². The highest BCUT2D eigenvalue weighted by molar-refractivity contribution is 7.89. The van der Waals surface area contributed by atoms with E-state index in [9.17, 15) is 18.0 Å². The van der Waals surface area contributed by atoms with Crippen molar-refractivity contribution >= 4 is 27.5 Å². The molecule has 2 fully saturated rings. The molecule has 2 saturated heterocycles. The van der Waals surface area contributed by atoms with Gasteiger partial charge in [-0.05, 0) is 31.0 Å². The van der Waals surface area contributed by atoms with Gasteiger partial charge in [0.05, 0.1) is 16.9 Å². The Morgan fingerprint density at radius 1 is 1.33 bits per heavy atom. The summed E-state index contributed by atoms with van der Waals surface area (Å²) in [5.74, 6) is -0.570. The van der Waals surface area contributed by atoms with Gasteiger partial charge in [-0.3, -0.25) is 9.59 Å². The first kappa shape index (κ1) is 19.7. The molecule has 27 heavy (non-hydrogen) atoms. The summed E-state index contributed by atoms with van der Waals surface area (Å²) in [6.07, 6.45) is 1.05. The van der Waals surface area contributed by atoms with Crippen LogP contribution < -0.4 is 16.4 Å². The highest BCUT2D eigenvalue weighted by Gasteiger charge is 2.39. The monoisotopic (exact) mass is 396 g/mol. The summed E-state index contributed by atoms with van der Waals surface area (Å²) in [5, 5.41) is 5.39. The van der Waals surface area contributed by atoms with Crippen molar-refractivity contribution in [2.45, 2.75) is 17.7 Å². The number of piperazine rings is 1. The van der Waals surface area contributed by atoms with Gasteiger partial charge in [-0.25, -0.2) is 8.42 Å². The fourth-order valence-corrected chi connectivity index (χ4v) is 4.70. The molecule has 3 rings (SSSR count). The van der Waals surface area contributed by atoms with Gasteiger partial charge in [-0.1, -0.05) is 6.07 Å². The van der Waals surface area contributed by atoms with E-state index >= 15 is 0 Å². The van der Waals surface area contributed by atoms with Crippen LogP contribution in [0.1, 0.15) is 12.8 Å². The maximum absolute atomic E-state index is 12.8. The molecule has 0 spiro atoms. The highest BCUT2D eigenvalue weighted by Crippen LogP contribution is 2.31. The summed E-state index contributed by atoms with van der Waals surface area (Å²) in [7, 11) is -3.82. The molecule has 0 unspecified atom stereocenters.